The summed E-state index contributed by atoms with van der Waals surface area (Å²) in [5, 5.41) is 2.83. The Bertz CT molecular complexity index is 774. The number of nitrogens with zero attached hydrogens (tertiary/aromatic N) is 1. The standard InChI is InChI=1S/C20H26N2O7/c1-13-16(19(24)29-12-11-27-3)17(21-20(25)22(13)9-10-26-2)14-5-7-15(8-6-14)18(23)28-4/h5-8,17H,9-12H2,1-4H3,(H,21,25). The van der Waals surface area contributed by atoms with Crippen molar-refractivity contribution in [3.8, 4) is 0 Å². The number of amides is 2. The highest BCUT2D eigenvalue weighted by atomic mass is 16.6. The Balaban J connectivity index is 2.39. The highest BCUT2D eigenvalue weighted by molar-refractivity contribution is 5.95. The minimum absolute atomic E-state index is 0.0894. The van der Waals surface area contributed by atoms with Crippen LogP contribution in [0.5, 0.6) is 0 Å². The van der Waals surface area contributed by atoms with E-state index in [0.717, 1.165) is 0 Å². The number of carbonyl (C=O) groups excluding carboxylic acids is 3. The second-order valence-electron chi connectivity index (χ2n) is 6.27. The van der Waals surface area contributed by atoms with E-state index in [9.17, 15) is 14.4 Å². The maximum atomic E-state index is 12.8. The molecule has 0 radical (unpaired) electrons. The van der Waals surface area contributed by atoms with E-state index in [1.54, 1.807) is 31.2 Å². The minimum atomic E-state index is -0.719. The zero-order chi connectivity index (χ0) is 21.4. The van der Waals surface area contributed by atoms with Crippen LogP contribution >= 0.6 is 0 Å². The average molecular weight is 406 g/mol. The first-order valence-corrected chi connectivity index (χ1v) is 9.06. The summed E-state index contributed by atoms with van der Waals surface area (Å²) in [6.07, 6.45) is 0. The summed E-state index contributed by atoms with van der Waals surface area (Å²) in [5.41, 5.74) is 1.79. The molecule has 29 heavy (non-hydrogen) atoms. The van der Waals surface area contributed by atoms with Crippen molar-refractivity contribution in [2.45, 2.75) is 13.0 Å². The van der Waals surface area contributed by atoms with Crippen LogP contribution in [0.3, 0.4) is 0 Å². The fraction of sp³-hybridized carbons (Fsp3) is 0.450. The molecular formula is C20H26N2O7. The Morgan fingerprint density at radius 2 is 1.66 bits per heavy atom. The van der Waals surface area contributed by atoms with Gasteiger partial charge in [0.15, 0.2) is 0 Å². The van der Waals surface area contributed by atoms with Gasteiger partial charge in [-0.05, 0) is 24.6 Å². The van der Waals surface area contributed by atoms with Gasteiger partial charge in [0.1, 0.15) is 6.61 Å². The number of carbonyl (C=O) groups is 3. The van der Waals surface area contributed by atoms with Gasteiger partial charge in [0.2, 0.25) is 0 Å². The second-order valence-corrected chi connectivity index (χ2v) is 6.27. The van der Waals surface area contributed by atoms with Crippen LogP contribution in [-0.4, -0.2) is 70.6 Å². The van der Waals surface area contributed by atoms with Gasteiger partial charge in [0, 0.05) is 19.9 Å². The minimum Gasteiger partial charge on any atom is -0.465 e. The molecule has 0 saturated carbocycles. The van der Waals surface area contributed by atoms with Crippen molar-refractivity contribution in [1.82, 2.24) is 10.2 Å². The second kappa shape index (κ2) is 10.6. The number of hydrogen-bond donors (Lipinski definition) is 1. The number of methoxy groups -OCH3 is 3. The summed E-state index contributed by atoms with van der Waals surface area (Å²) in [5.74, 6) is -1.02. The van der Waals surface area contributed by atoms with Gasteiger partial charge in [-0.15, -0.1) is 0 Å². The maximum absolute atomic E-state index is 12.8. The lowest BCUT2D eigenvalue weighted by Gasteiger charge is -2.35. The summed E-state index contributed by atoms with van der Waals surface area (Å²) in [6, 6.07) is 5.41. The summed E-state index contributed by atoms with van der Waals surface area (Å²) in [6.45, 7) is 2.64. The molecule has 9 nitrogen and oxygen atoms in total. The Morgan fingerprint density at radius 1 is 1.00 bits per heavy atom. The van der Waals surface area contributed by atoms with E-state index in [0.29, 0.717) is 29.0 Å². The first-order valence-electron chi connectivity index (χ1n) is 9.06. The largest absolute Gasteiger partial charge is 0.465 e. The van der Waals surface area contributed by atoms with E-state index in [1.165, 1.54) is 26.2 Å². The number of nitrogens with one attached hydrogen (secondary N) is 1. The number of urea groups is 1. The first-order chi connectivity index (χ1) is 13.9. The molecule has 1 aromatic carbocycles. The van der Waals surface area contributed by atoms with E-state index >= 15 is 0 Å². The number of benzene rings is 1. The fourth-order valence-electron chi connectivity index (χ4n) is 2.97. The fourth-order valence-corrected chi connectivity index (χ4v) is 2.97. The molecule has 2 rings (SSSR count). The van der Waals surface area contributed by atoms with Gasteiger partial charge in [-0.1, -0.05) is 12.1 Å². The van der Waals surface area contributed by atoms with Crippen LogP contribution in [0.25, 0.3) is 0 Å². The molecule has 1 aliphatic heterocycles. The van der Waals surface area contributed by atoms with Crippen molar-refractivity contribution in [3.63, 3.8) is 0 Å². The van der Waals surface area contributed by atoms with Crippen molar-refractivity contribution >= 4 is 18.0 Å². The van der Waals surface area contributed by atoms with E-state index < -0.39 is 18.0 Å². The van der Waals surface area contributed by atoms with Crippen molar-refractivity contribution in [2.24, 2.45) is 0 Å². The lowest BCUT2D eigenvalue weighted by molar-refractivity contribution is -0.140. The monoisotopic (exact) mass is 406 g/mol. The molecule has 0 bridgehead atoms. The lowest BCUT2D eigenvalue weighted by Crippen LogP contribution is -2.49. The number of hydrogen-bond acceptors (Lipinski definition) is 7. The smallest absolute Gasteiger partial charge is 0.338 e. The van der Waals surface area contributed by atoms with Crippen LogP contribution in [0.2, 0.25) is 0 Å². The summed E-state index contributed by atoms with van der Waals surface area (Å²) in [7, 11) is 4.34. The first kappa shape index (κ1) is 22.4. The zero-order valence-electron chi connectivity index (χ0n) is 17.0. The normalized spacial score (nSPS) is 16.5. The van der Waals surface area contributed by atoms with Crippen molar-refractivity contribution in [2.75, 3.05) is 47.7 Å². The van der Waals surface area contributed by atoms with Crippen LogP contribution in [0.15, 0.2) is 35.5 Å². The number of ether oxygens (including phenoxy) is 4. The molecule has 0 spiro atoms. The van der Waals surface area contributed by atoms with Crippen molar-refractivity contribution in [1.29, 1.82) is 0 Å². The zero-order valence-corrected chi connectivity index (χ0v) is 17.0. The lowest BCUT2D eigenvalue weighted by atomic mass is 9.94. The highest BCUT2D eigenvalue weighted by Gasteiger charge is 2.36. The van der Waals surface area contributed by atoms with Crippen molar-refractivity contribution in [3.05, 3.63) is 46.7 Å². The number of allylic oxidation sites excluding steroid dienone is 1. The molecule has 0 fully saturated rings. The van der Waals surface area contributed by atoms with E-state index in [1.807, 2.05) is 0 Å². The van der Waals surface area contributed by atoms with E-state index in [4.69, 9.17) is 18.9 Å². The quantitative estimate of drug-likeness (QED) is 0.491. The number of rotatable bonds is 9. The molecule has 158 valence electrons. The Hall–Kier alpha value is -2.91. The van der Waals surface area contributed by atoms with Gasteiger partial charge in [0.25, 0.3) is 0 Å². The predicted molar refractivity (Wildman–Crippen MR) is 103 cm³/mol. The molecule has 9 heteroatoms. The van der Waals surface area contributed by atoms with Gasteiger partial charge in [-0.25, -0.2) is 14.4 Å². The molecule has 1 heterocycles. The Labute approximate surface area is 169 Å². The van der Waals surface area contributed by atoms with E-state index in [2.05, 4.69) is 5.32 Å². The molecule has 0 aromatic heterocycles. The summed E-state index contributed by atoms with van der Waals surface area (Å²) >= 11 is 0. The van der Waals surface area contributed by atoms with Crippen LogP contribution in [0, 0.1) is 0 Å². The topological polar surface area (TPSA) is 103 Å². The van der Waals surface area contributed by atoms with Gasteiger partial charge in [0.05, 0.1) is 44.0 Å². The third-order valence-corrected chi connectivity index (χ3v) is 4.52. The molecule has 1 atom stereocenters. The Kier molecular flexibility index (Phi) is 8.17. The van der Waals surface area contributed by atoms with Crippen LogP contribution in [-0.2, 0) is 23.7 Å². The van der Waals surface area contributed by atoms with Gasteiger partial charge < -0.3 is 24.3 Å². The van der Waals surface area contributed by atoms with Gasteiger partial charge in [-0.3, -0.25) is 4.90 Å². The molecule has 0 saturated heterocycles. The summed E-state index contributed by atoms with van der Waals surface area (Å²) < 4.78 is 20.0. The van der Waals surface area contributed by atoms with Crippen LogP contribution in [0.4, 0.5) is 4.79 Å². The van der Waals surface area contributed by atoms with Crippen molar-refractivity contribution < 1.29 is 33.3 Å². The third kappa shape index (κ3) is 5.33. The molecular weight excluding hydrogens is 380 g/mol. The summed E-state index contributed by atoms with van der Waals surface area (Å²) in [4.78, 5) is 38.5. The highest BCUT2D eigenvalue weighted by Crippen LogP contribution is 2.31. The van der Waals surface area contributed by atoms with Crippen LogP contribution < -0.4 is 5.32 Å². The third-order valence-electron chi connectivity index (χ3n) is 4.52. The molecule has 1 aliphatic rings. The maximum Gasteiger partial charge on any atom is 0.338 e. The van der Waals surface area contributed by atoms with Gasteiger partial charge in [-0.2, -0.15) is 0 Å². The predicted octanol–water partition coefficient (Wildman–Crippen LogP) is 1.65. The average Bonchev–Trinajstić information content (AvgIpc) is 2.72. The number of esters is 2. The molecule has 2 amide bonds. The molecule has 0 aliphatic carbocycles. The van der Waals surface area contributed by atoms with Gasteiger partial charge >= 0.3 is 18.0 Å². The molecule has 1 N–H and O–H groups in total. The van der Waals surface area contributed by atoms with E-state index in [-0.39, 0.29) is 25.8 Å². The SMILES string of the molecule is COCCOC(=O)C1=C(C)N(CCOC)C(=O)NC1c1ccc(C(=O)OC)cc1. The Morgan fingerprint density at radius 3 is 2.24 bits per heavy atom. The molecule has 1 aromatic rings. The molecule has 1 unspecified atom stereocenters. The van der Waals surface area contributed by atoms with Crippen LogP contribution in [0.1, 0.15) is 28.9 Å².